The minimum atomic E-state index is -4.63. The average Bonchev–Trinajstić information content (AvgIpc) is 2.73. The van der Waals surface area contributed by atoms with Crippen LogP contribution in [0.2, 0.25) is 0 Å². The zero-order valence-corrected chi connectivity index (χ0v) is 8.95. The van der Waals surface area contributed by atoms with Crippen LogP contribution in [-0.4, -0.2) is 15.0 Å². The van der Waals surface area contributed by atoms with Crippen molar-refractivity contribution in [3.63, 3.8) is 0 Å². The number of nitrogens with zero attached hydrogens (tertiary/aromatic N) is 3. The van der Waals surface area contributed by atoms with Crippen LogP contribution in [0.4, 0.5) is 17.6 Å². The van der Waals surface area contributed by atoms with Gasteiger partial charge in [0.25, 0.3) is 0 Å². The highest BCUT2D eigenvalue weighted by Gasteiger charge is 2.39. The Morgan fingerprint density at radius 2 is 1.78 bits per heavy atom. The smallest absolute Gasteiger partial charge is 0.325 e. The number of nitrogens with two attached hydrogens (primary N) is 1. The lowest BCUT2D eigenvalue weighted by Crippen LogP contribution is -2.16. The minimum absolute atomic E-state index is 0.0657. The normalized spacial score (nSPS) is 11.8. The Kier molecular flexibility index (Phi) is 3.04. The quantitative estimate of drug-likeness (QED) is 0.839. The van der Waals surface area contributed by atoms with Crippen molar-refractivity contribution in [1.29, 1.82) is 0 Å². The molecule has 0 fully saturated rings. The number of hydrogen-bond donors (Lipinski definition) is 1. The molecule has 0 unspecified atom stereocenters. The first kappa shape index (κ1) is 12.5. The van der Waals surface area contributed by atoms with E-state index in [1.54, 1.807) is 0 Å². The molecule has 0 atom stereocenters. The van der Waals surface area contributed by atoms with Crippen molar-refractivity contribution >= 4 is 0 Å². The molecule has 0 saturated carbocycles. The van der Waals surface area contributed by atoms with Crippen LogP contribution in [0.1, 0.15) is 11.4 Å². The topological polar surface area (TPSA) is 56.7 Å². The molecule has 2 aromatic rings. The summed E-state index contributed by atoms with van der Waals surface area (Å²) in [4.78, 5) is 0. The van der Waals surface area contributed by atoms with Gasteiger partial charge >= 0.3 is 6.18 Å². The summed E-state index contributed by atoms with van der Waals surface area (Å²) in [5.74, 6) is -0.550. The van der Waals surface area contributed by atoms with Crippen molar-refractivity contribution in [3.05, 3.63) is 41.5 Å². The summed E-state index contributed by atoms with van der Waals surface area (Å²) in [7, 11) is 0. The van der Waals surface area contributed by atoms with Gasteiger partial charge in [0, 0.05) is 6.54 Å². The third kappa shape index (κ3) is 2.19. The molecule has 0 aliphatic rings. The third-order valence-electron chi connectivity index (χ3n) is 2.27. The highest BCUT2D eigenvalue weighted by molar-refractivity contribution is 5.34. The summed E-state index contributed by atoms with van der Waals surface area (Å²) in [6, 6.07) is 4.44. The predicted octanol–water partition coefficient (Wildman–Crippen LogP) is 1.88. The van der Waals surface area contributed by atoms with Gasteiger partial charge in [-0.25, -0.2) is 9.07 Å². The second-order valence-electron chi connectivity index (χ2n) is 3.47. The van der Waals surface area contributed by atoms with Crippen LogP contribution in [0.3, 0.4) is 0 Å². The summed E-state index contributed by atoms with van der Waals surface area (Å²) < 4.78 is 51.9. The van der Waals surface area contributed by atoms with E-state index in [-0.39, 0.29) is 17.9 Å². The zero-order chi connectivity index (χ0) is 13.3. The summed E-state index contributed by atoms with van der Waals surface area (Å²) >= 11 is 0. The summed E-state index contributed by atoms with van der Waals surface area (Å²) in [5, 5.41) is 6.77. The van der Waals surface area contributed by atoms with Gasteiger partial charge in [-0.05, 0) is 24.3 Å². The molecule has 8 heteroatoms. The van der Waals surface area contributed by atoms with Crippen LogP contribution >= 0.6 is 0 Å². The number of halogens is 4. The summed E-state index contributed by atoms with van der Waals surface area (Å²) in [6.45, 7) is -0.379. The maximum atomic E-state index is 12.9. The predicted molar refractivity (Wildman–Crippen MR) is 54.2 cm³/mol. The van der Waals surface area contributed by atoms with E-state index in [2.05, 4.69) is 10.3 Å². The van der Waals surface area contributed by atoms with Gasteiger partial charge in [0.05, 0.1) is 5.69 Å². The zero-order valence-electron chi connectivity index (χ0n) is 8.95. The highest BCUT2D eigenvalue weighted by Crippen LogP contribution is 2.32. The molecule has 1 aromatic heterocycles. The van der Waals surface area contributed by atoms with Crippen LogP contribution in [0.5, 0.6) is 0 Å². The molecule has 0 spiro atoms. The fourth-order valence-corrected chi connectivity index (χ4v) is 1.50. The Labute approximate surface area is 99.0 Å². The van der Waals surface area contributed by atoms with E-state index < -0.39 is 17.7 Å². The molecule has 4 nitrogen and oxygen atoms in total. The molecule has 0 aliphatic carbocycles. The van der Waals surface area contributed by atoms with E-state index >= 15 is 0 Å². The highest BCUT2D eigenvalue weighted by atomic mass is 19.4. The lowest BCUT2D eigenvalue weighted by atomic mass is 10.2. The van der Waals surface area contributed by atoms with Gasteiger partial charge in [-0.3, -0.25) is 0 Å². The Hall–Kier alpha value is -1.96. The average molecular weight is 260 g/mol. The van der Waals surface area contributed by atoms with Gasteiger partial charge in [-0.1, -0.05) is 5.21 Å². The fourth-order valence-electron chi connectivity index (χ4n) is 1.50. The number of benzene rings is 1. The second-order valence-corrected chi connectivity index (χ2v) is 3.47. The van der Waals surface area contributed by atoms with Gasteiger partial charge in [-0.2, -0.15) is 13.2 Å². The first-order chi connectivity index (χ1) is 8.43. The molecular formula is C10H8F4N4. The van der Waals surface area contributed by atoms with Gasteiger partial charge in [0.2, 0.25) is 0 Å². The lowest BCUT2D eigenvalue weighted by Gasteiger charge is -2.10. The molecule has 0 amide bonds. The molecule has 18 heavy (non-hydrogen) atoms. The Morgan fingerprint density at radius 1 is 1.17 bits per heavy atom. The van der Waals surface area contributed by atoms with Gasteiger partial charge < -0.3 is 5.73 Å². The second kappa shape index (κ2) is 4.37. The first-order valence-corrected chi connectivity index (χ1v) is 4.91. The van der Waals surface area contributed by atoms with Gasteiger partial charge in [0.15, 0.2) is 5.69 Å². The molecule has 0 saturated heterocycles. The van der Waals surface area contributed by atoms with E-state index in [1.807, 2.05) is 0 Å². The van der Waals surface area contributed by atoms with E-state index in [0.717, 1.165) is 12.1 Å². The summed E-state index contributed by atoms with van der Waals surface area (Å²) in [5.41, 5.74) is 3.85. The van der Waals surface area contributed by atoms with Gasteiger partial charge in [0.1, 0.15) is 11.5 Å². The Bertz CT molecular complexity index is 544. The first-order valence-electron chi connectivity index (χ1n) is 4.91. The number of rotatable bonds is 2. The van der Waals surface area contributed by atoms with E-state index in [4.69, 9.17) is 5.73 Å². The lowest BCUT2D eigenvalue weighted by molar-refractivity contribution is -0.143. The van der Waals surface area contributed by atoms with E-state index in [9.17, 15) is 17.6 Å². The van der Waals surface area contributed by atoms with Crippen molar-refractivity contribution in [2.75, 3.05) is 0 Å². The molecule has 2 rings (SSSR count). The van der Waals surface area contributed by atoms with Crippen LogP contribution < -0.4 is 5.73 Å². The Balaban J connectivity index is 2.58. The van der Waals surface area contributed by atoms with E-state index in [1.165, 1.54) is 12.1 Å². The van der Waals surface area contributed by atoms with Crippen LogP contribution in [0.15, 0.2) is 24.3 Å². The van der Waals surface area contributed by atoms with Gasteiger partial charge in [-0.15, -0.1) is 5.10 Å². The van der Waals surface area contributed by atoms with Crippen molar-refractivity contribution < 1.29 is 17.6 Å². The molecule has 1 heterocycles. The van der Waals surface area contributed by atoms with Crippen molar-refractivity contribution in [2.24, 2.45) is 5.73 Å². The molecule has 1 aromatic carbocycles. The SMILES string of the molecule is NCc1nnn(-c2ccc(F)cc2)c1C(F)(F)F. The molecule has 96 valence electrons. The maximum absolute atomic E-state index is 12.9. The van der Waals surface area contributed by atoms with Crippen molar-refractivity contribution in [2.45, 2.75) is 12.7 Å². The molecular weight excluding hydrogens is 252 g/mol. The third-order valence-corrected chi connectivity index (χ3v) is 2.27. The fraction of sp³-hybridized carbons (Fsp3) is 0.200. The molecule has 0 aliphatic heterocycles. The van der Waals surface area contributed by atoms with Crippen LogP contribution in [0.25, 0.3) is 5.69 Å². The number of alkyl halides is 3. The minimum Gasteiger partial charge on any atom is -0.325 e. The van der Waals surface area contributed by atoms with Crippen molar-refractivity contribution in [1.82, 2.24) is 15.0 Å². The monoisotopic (exact) mass is 260 g/mol. The van der Waals surface area contributed by atoms with Crippen molar-refractivity contribution in [3.8, 4) is 5.69 Å². The van der Waals surface area contributed by atoms with E-state index in [0.29, 0.717) is 4.68 Å². The molecule has 0 radical (unpaired) electrons. The summed E-state index contributed by atoms with van der Waals surface area (Å²) in [6.07, 6.45) is -4.63. The number of aromatic nitrogens is 3. The number of hydrogen-bond acceptors (Lipinski definition) is 3. The molecule has 0 bridgehead atoms. The maximum Gasteiger partial charge on any atom is 0.435 e. The largest absolute Gasteiger partial charge is 0.435 e. The van der Waals surface area contributed by atoms with Crippen LogP contribution in [-0.2, 0) is 12.7 Å². The van der Waals surface area contributed by atoms with Crippen LogP contribution in [0, 0.1) is 5.82 Å². The standard InChI is InChI=1S/C10H8F4N4/c11-6-1-3-7(4-2-6)18-9(10(12,13)14)8(5-15)16-17-18/h1-4H,5,15H2. The molecule has 2 N–H and O–H groups in total. The Morgan fingerprint density at radius 3 is 2.28 bits per heavy atom.